The second-order valence-corrected chi connectivity index (χ2v) is 12.7. The second-order valence-electron chi connectivity index (χ2n) is 9.65. The summed E-state index contributed by atoms with van der Waals surface area (Å²) in [5.74, 6) is -0.982. The molecule has 0 heterocycles. The molecule has 0 fully saturated rings. The molecule has 0 radical (unpaired) electrons. The molecule has 0 spiro atoms. The van der Waals surface area contributed by atoms with Gasteiger partial charge in [-0.2, -0.15) is 0 Å². The van der Waals surface area contributed by atoms with Gasteiger partial charge in [0.2, 0.25) is 11.8 Å². The van der Waals surface area contributed by atoms with Crippen LogP contribution in [-0.2, 0) is 32.6 Å². The maximum atomic E-state index is 14.4. The molecule has 4 aromatic rings. The Kier molecular flexibility index (Phi) is 11.1. The van der Waals surface area contributed by atoms with Crippen LogP contribution in [-0.4, -0.2) is 44.3 Å². The van der Waals surface area contributed by atoms with Crippen molar-refractivity contribution >= 4 is 62.3 Å². The number of rotatable bonds is 12. The minimum absolute atomic E-state index is 0.0210. The van der Waals surface area contributed by atoms with E-state index in [1.807, 2.05) is 30.3 Å². The van der Waals surface area contributed by atoms with Crippen molar-refractivity contribution in [3.8, 4) is 0 Å². The standard InChI is InChI=1S/C32H30Cl3N3O4S/c1-2-36-32(40)29(20-23-10-5-3-6-11-23)37(21-24-16-18-25(33)19-17-24)30(39)22-38(28-15-9-14-27(34)31(28)35)43(41,42)26-12-7-4-8-13-26/h3-19,29H,2,20-22H2,1H3,(H,36,40)/t29-/m0/s1. The Labute approximate surface area is 267 Å². The number of sulfonamides is 1. The maximum absolute atomic E-state index is 14.4. The molecule has 0 bridgehead atoms. The number of hydrogen-bond acceptors (Lipinski definition) is 4. The summed E-state index contributed by atoms with van der Waals surface area (Å²) in [6.07, 6.45) is 0.204. The molecular formula is C32H30Cl3N3O4S. The number of amides is 2. The normalized spacial score (nSPS) is 11.9. The van der Waals surface area contributed by atoms with Crippen LogP contribution in [0.4, 0.5) is 5.69 Å². The van der Waals surface area contributed by atoms with Crippen molar-refractivity contribution in [1.29, 1.82) is 0 Å². The predicted molar refractivity (Wildman–Crippen MR) is 172 cm³/mol. The van der Waals surface area contributed by atoms with Gasteiger partial charge in [-0.05, 0) is 54.4 Å². The fraction of sp³-hybridized carbons (Fsp3) is 0.188. The molecule has 4 aromatic carbocycles. The first-order chi connectivity index (χ1) is 20.6. The minimum Gasteiger partial charge on any atom is -0.355 e. The molecule has 0 aliphatic rings. The summed E-state index contributed by atoms with van der Waals surface area (Å²) in [5.41, 5.74) is 1.58. The fourth-order valence-corrected chi connectivity index (χ4v) is 6.57. The molecule has 2 amide bonds. The van der Waals surface area contributed by atoms with Gasteiger partial charge in [-0.3, -0.25) is 13.9 Å². The second kappa shape index (κ2) is 14.8. The van der Waals surface area contributed by atoms with Crippen LogP contribution in [0.15, 0.2) is 108 Å². The van der Waals surface area contributed by atoms with Crippen molar-refractivity contribution in [1.82, 2.24) is 10.2 Å². The highest BCUT2D eigenvalue weighted by Gasteiger charge is 2.35. The third-order valence-electron chi connectivity index (χ3n) is 6.70. The quantitative estimate of drug-likeness (QED) is 0.185. The van der Waals surface area contributed by atoms with Crippen molar-refractivity contribution in [2.75, 3.05) is 17.4 Å². The summed E-state index contributed by atoms with van der Waals surface area (Å²) in [6, 6.07) is 27.5. The van der Waals surface area contributed by atoms with Crippen molar-refractivity contribution < 1.29 is 18.0 Å². The maximum Gasteiger partial charge on any atom is 0.264 e. The van der Waals surface area contributed by atoms with Gasteiger partial charge in [0.05, 0.1) is 20.6 Å². The molecule has 0 saturated carbocycles. The molecule has 0 unspecified atom stereocenters. The number of likely N-dealkylation sites (N-methyl/N-ethyl adjacent to an activating group) is 1. The summed E-state index contributed by atoms with van der Waals surface area (Å²) < 4.78 is 28.9. The first kappa shape index (κ1) is 32.4. The highest BCUT2D eigenvalue weighted by molar-refractivity contribution is 7.92. The molecule has 7 nitrogen and oxygen atoms in total. The van der Waals surface area contributed by atoms with Crippen molar-refractivity contribution in [3.05, 3.63) is 129 Å². The Hall–Kier alpha value is -3.56. The number of carbonyl (C=O) groups excluding carboxylic acids is 2. The summed E-state index contributed by atoms with van der Waals surface area (Å²) >= 11 is 18.9. The molecule has 4 rings (SSSR count). The smallest absolute Gasteiger partial charge is 0.264 e. The number of hydrogen-bond donors (Lipinski definition) is 1. The van der Waals surface area contributed by atoms with Gasteiger partial charge in [0, 0.05) is 24.5 Å². The Morgan fingerprint density at radius 2 is 1.42 bits per heavy atom. The van der Waals surface area contributed by atoms with E-state index in [-0.39, 0.29) is 39.5 Å². The van der Waals surface area contributed by atoms with Crippen LogP contribution in [0.2, 0.25) is 15.1 Å². The third-order valence-corrected chi connectivity index (χ3v) is 9.53. The van der Waals surface area contributed by atoms with E-state index in [1.54, 1.807) is 55.5 Å². The Morgan fingerprint density at radius 1 is 0.791 bits per heavy atom. The van der Waals surface area contributed by atoms with Gasteiger partial charge in [-0.15, -0.1) is 0 Å². The van der Waals surface area contributed by atoms with E-state index in [0.29, 0.717) is 17.1 Å². The lowest BCUT2D eigenvalue weighted by molar-refractivity contribution is -0.140. The molecular weight excluding hydrogens is 629 g/mol. The fourth-order valence-electron chi connectivity index (χ4n) is 4.55. The summed E-state index contributed by atoms with van der Waals surface area (Å²) in [7, 11) is -4.29. The predicted octanol–water partition coefficient (Wildman–Crippen LogP) is 6.62. The molecule has 43 heavy (non-hydrogen) atoms. The zero-order valence-corrected chi connectivity index (χ0v) is 26.4. The summed E-state index contributed by atoms with van der Waals surface area (Å²) in [6.45, 7) is 1.51. The Balaban J connectivity index is 1.81. The van der Waals surface area contributed by atoms with Crippen LogP contribution in [0.3, 0.4) is 0 Å². The van der Waals surface area contributed by atoms with Gasteiger partial charge in [0.15, 0.2) is 0 Å². The average molecular weight is 659 g/mol. The van der Waals surface area contributed by atoms with E-state index in [2.05, 4.69) is 5.32 Å². The SMILES string of the molecule is CCNC(=O)[C@H](Cc1ccccc1)N(Cc1ccc(Cl)cc1)C(=O)CN(c1cccc(Cl)c1Cl)S(=O)(=O)c1ccccc1. The van der Waals surface area contributed by atoms with Crippen molar-refractivity contribution in [2.45, 2.75) is 30.8 Å². The van der Waals surface area contributed by atoms with E-state index >= 15 is 0 Å². The molecule has 11 heteroatoms. The van der Waals surface area contributed by atoms with Gasteiger partial charge in [0.25, 0.3) is 10.0 Å². The zero-order chi connectivity index (χ0) is 31.0. The van der Waals surface area contributed by atoms with Gasteiger partial charge in [-0.1, -0.05) is 102 Å². The van der Waals surface area contributed by atoms with Gasteiger partial charge in [0.1, 0.15) is 12.6 Å². The van der Waals surface area contributed by atoms with Crippen LogP contribution in [0.1, 0.15) is 18.1 Å². The molecule has 0 aromatic heterocycles. The number of benzene rings is 4. The van der Waals surface area contributed by atoms with Gasteiger partial charge >= 0.3 is 0 Å². The van der Waals surface area contributed by atoms with E-state index in [9.17, 15) is 18.0 Å². The highest BCUT2D eigenvalue weighted by Crippen LogP contribution is 2.35. The van der Waals surface area contributed by atoms with Crippen molar-refractivity contribution in [3.63, 3.8) is 0 Å². The van der Waals surface area contributed by atoms with Gasteiger partial charge < -0.3 is 10.2 Å². The molecule has 224 valence electrons. The van der Waals surface area contributed by atoms with Crippen LogP contribution in [0, 0.1) is 0 Å². The van der Waals surface area contributed by atoms with Crippen LogP contribution in [0.25, 0.3) is 0 Å². The first-order valence-electron chi connectivity index (χ1n) is 13.5. The average Bonchev–Trinajstić information content (AvgIpc) is 3.01. The van der Waals surface area contributed by atoms with E-state index in [0.717, 1.165) is 9.87 Å². The largest absolute Gasteiger partial charge is 0.355 e. The minimum atomic E-state index is -4.29. The Bertz CT molecular complexity index is 1650. The van der Waals surface area contributed by atoms with E-state index in [1.165, 1.54) is 29.2 Å². The summed E-state index contributed by atoms with van der Waals surface area (Å²) in [4.78, 5) is 29.2. The number of halogens is 3. The third kappa shape index (κ3) is 8.09. The summed E-state index contributed by atoms with van der Waals surface area (Å²) in [5, 5.41) is 3.45. The highest BCUT2D eigenvalue weighted by atomic mass is 35.5. The Morgan fingerprint density at radius 3 is 2.05 bits per heavy atom. The van der Waals surface area contributed by atoms with Crippen LogP contribution < -0.4 is 9.62 Å². The number of carbonyl (C=O) groups is 2. The molecule has 0 aliphatic carbocycles. The molecule has 1 N–H and O–H groups in total. The van der Waals surface area contributed by atoms with E-state index in [4.69, 9.17) is 34.8 Å². The number of nitrogens with one attached hydrogen (secondary N) is 1. The lowest BCUT2D eigenvalue weighted by Gasteiger charge is -2.34. The van der Waals surface area contributed by atoms with Gasteiger partial charge in [-0.25, -0.2) is 8.42 Å². The molecule has 0 aliphatic heterocycles. The lowest BCUT2D eigenvalue weighted by Crippen LogP contribution is -2.53. The lowest BCUT2D eigenvalue weighted by atomic mass is 10.0. The monoisotopic (exact) mass is 657 g/mol. The molecule has 0 saturated heterocycles. The van der Waals surface area contributed by atoms with Crippen molar-refractivity contribution in [2.24, 2.45) is 0 Å². The number of nitrogens with zero attached hydrogens (tertiary/aromatic N) is 2. The first-order valence-corrected chi connectivity index (χ1v) is 16.1. The van der Waals surface area contributed by atoms with E-state index < -0.39 is 28.5 Å². The zero-order valence-electron chi connectivity index (χ0n) is 23.3. The molecule has 1 atom stereocenters. The number of anilines is 1. The topological polar surface area (TPSA) is 86.8 Å². The van der Waals surface area contributed by atoms with Crippen LogP contribution in [0.5, 0.6) is 0 Å². The van der Waals surface area contributed by atoms with Crippen LogP contribution >= 0.6 is 34.8 Å².